The van der Waals surface area contributed by atoms with Crippen molar-refractivity contribution in [1.82, 2.24) is 10.2 Å². The Balaban J connectivity index is 1.33. The summed E-state index contributed by atoms with van der Waals surface area (Å²) < 4.78 is 11.0. The van der Waals surface area contributed by atoms with Crippen LogP contribution in [0.1, 0.15) is 40.3 Å². The van der Waals surface area contributed by atoms with Crippen LogP contribution in [-0.4, -0.2) is 47.7 Å². The Morgan fingerprint density at radius 3 is 2.24 bits per heavy atom. The zero-order valence-corrected chi connectivity index (χ0v) is 18.1. The van der Waals surface area contributed by atoms with Gasteiger partial charge in [-0.05, 0) is 41.3 Å². The number of carboxylic acid groups (broad SMARTS) is 1. The fourth-order valence-electron chi connectivity index (χ4n) is 4.04. The Morgan fingerprint density at radius 1 is 1.00 bits per heavy atom. The minimum absolute atomic E-state index is 0.0161. The molecule has 8 nitrogen and oxygen atoms in total. The lowest BCUT2D eigenvalue weighted by Gasteiger charge is -2.16. The molecule has 0 bridgehead atoms. The molecule has 0 aliphatic heterocycles. The first-order chi connectivity index (χ1) is 16.0. The van der Waals surface area contributed by atoms with Crippen molar-refractivity contribution >= 4 is 18.0 Å². The quantitative estimate of drug-likeness (QED) is 0.542. The lowest BCUT2D eigenvalue weighted by Crippen LogP contribution is -2.35. The third kappa shape index (κ3) is 4.74. The number of nitrogens with one attached hydrogen (secondary N) is 1. The largest absolute Gasteiger partial charge is 0.480 e. The summed E-state index contributed by atoms with van der Waals surface area (Å²) in [6, 6.07) is 19.2. The molecule has 0 saturated carbocycles. The van der Waals surface area contributed by atoms with Crippen molar-refractivity contribution in [2.45, 2.75) is 19.4 Å². The molecular formula is C25H24N2O6. The second-order valence-corrected chi connectivity index (χ2v) is 7.66. The number of rotatable bonds is 8. The number of furan rings is 1. The molecular weight excluding hydrogens is 424 g/mol. The highest BCUT2D eigenvalue weighted by Crippen LogP contribution is 2.44. The summed E-state index contributed by atoms with van der Waals surface area (Å²) in [7, 11) is 0. The van der Waals surface area contributed by atoms with Gasteiger partial charge >= 0.3 is 12.1 Å². The molecule has 1 aliphatic carbocycles. The van der Waals surface area contributed by atoms with Gasteiger partial charge in [0.1, 0.15) is 18.9 Å². The number of aliphatic carboxylic acids is 1. The molecule has 0 spiro atoms. The molecule has 0 unspecified atom stereocenters. The standard InChI is InChI=1S/C25H24N2O6/c1-2-27(14-23(28)29)24(30)22-12-11-16(33-22)13-26-25(31)32-15-21-19-9-5-3-7-17(19)18-8-4-6-10-20(18)21/h3-12,21H,2,13-15H2,1H3,(H,26,31)(H,28,29). The molecule has 0 atom stereocenters. The number of amides is 2. The van der Waals surface area contributed by atoms with Gasteiger partial charge in [-0.2, -0.15) is 0 Å². The van der Waals surface area contributed by atoms with Crippen LogP contribution in [0.15, 0.2) is 65.1 Å². The summed E-state index contributed by atoms with van der Waals surface area (Å²) in [5.74, 6) is -1.29. The molecule has 1 heterocycles. The first-order valence-corrected chi connectivity index (χ1v) is 10.7. The van der Waals surface area contributed by atoms with Gasteiger partial charge in [0.25, 0.3) is 5.91 Å². The van der Waals surface area contributed by atoms with E-state index in [2.05, 4.69) is 17.4 Å². The predicted molar refractivity (Wildman–Crippen MR) is 120 cm³/mol. The second-order valence-electron chi connectivity index (χ2n) is 7.66. The molecule has 2 N–H and O–H groups in total. The average Bonchev–Trinajstić information content (AvgIpc) is 3.42. The Bertz CT molecular complexity index is 1140. The molecule has 2 aromatic carbocycles. The SMILES string of the molecule is CCN(CC(=O)O)C(=O)c1ccc(CNC(=O)OCC2c3ccccc3-c3ccccc32)o1. The maximum Gasteiger partial charge on any atom is 0.407 e. The minimum atomic E-state index is -1.10. The van der Waals surface area contributed by atoms with Crippen LogP contribution in [0.2, 0.25) is 0 Å². The van der Waals surface area contributed by atoms with Crippen molar-refractivity contribution in [3.05, 3.63) is 83.3 Å². The van der Waals surface area contributed by atoms with Gasteiger partial charge < -0.3 is 24.5 Å². The van der Waals surface area contributed by atoms with E-state index in [1.807, 2.05) is 36.4 Å². The predicted octanol–water partition coefficient (Wildman–Crippen LogP) is 3.87. The van der Waals surface area contributed by atoms with Gasteiger partial charge in [0.05, 0.1) is 6.54 Å². The van der Waals surface area contributed by atoms with Crippen LogP contribution in [0.3, 0.4) is 0 Å². The fraction of sp³-hybridized carbons (Fsp3) is 0.240. The van der Waals surface area contributed by atoms with Crippen molar-refractivity contribution in [3.63, 3.8) is 0 Å². The minimum Gasteiger partial charge on any atom is -0.480 e. The van der Waals surface area contributed by atoms with Crippen LogP contribution in [0.4, 0.5) is 4.79 Å². The maximum absolute atomic E-state index is 12.4. The number of carbonyl (C=O) groups is 3. The third-order valence-corrected chi connectivity index (χ3v) is 5.62. The highest BCUT2D eigenvalue weighted by molar-refractivity contribution is 5.93. The van der Waals surface area contributed by atoms with Crippen molar-refractivity contribution in [1.29, 1.82) is 0 Å². The smallest absolute Gasteiger partial charge is 0.407 e. The molecule has 2 amide bonds. The number of alkyl carbamates (subject to hydrolysis) is 1. The Morgan fingerprint density at radius 2 is 1.64 bits per heavy atom. The van der Waals surface area contributed by atoms with Gasteiger partial charge in [-0.1, -0.05) is 48.5 Å². The number of ether oxygens (including phenoxy) is 1. The molecule has 4 rings (SSSR count). The van der Waals surface area contributed by atoms with Gasteiger partial charge in [-0.15, -0.1) is 0 Å². The highest BCUT2D eigenvalue weighted by atomic mass is 16.5. The van der Waals surface area contributed by atoms with Crippen molar-refractivity contribution in [3.8, 4) is 11.1 Å². The zero-order chi connectivity index (χ0) is 23.4. The van der Waals surface area contributed by atoms with Crippen molar-refractivity contribution in [2.24, 2.45) is 0 Å². The molecule has 1 aliphatic rings. The number of benzene rings is 2. The summed E-state index contributed by atoms with van der Waals surface area (Å²) in [6.45, 7) is 1.74. The van der Waals surface area contributed by atoms with E-state index in [9.17, 15) is 14.4 Å². The van der Waals surface area contributed by atoms with Crippen LogP contribution in [-0.2, 0) is 16.1 Å². The summed E-state index contributed by atoms with van der Waals surface area (Å²) in [5, 5.41) is 11.5. The normalized spacial score (nSPS) is 12.0. The van der Waals surface area contributed by atoms with Gasteiger partial charge in [0, 0.05) is 12.5 Å². The highest BCUT2D eigenvalue weighted by Gasteiger charge is 2.29. The number of carbonyl (C=O) groups excluding carboxylic acids is 2. The van der Waals surface area contributed by atoms with Gasteiger partial charge in [-0.3, -0.25) is 9.59 Å². The zero-order valence-electron chi connectivity index (χ0n) is 18.1. The number of hydrogen-bond donors (Lipinski definition) is 2. The molecule has 1 aromatic heterocycles. The Kier molecular flexibility index (Phi) is 6.44. The van der Waals surface area contributed by atoms with E-state index in [-0.39, 0.29) is 31.4 Å². The average molecular weight is 448 g/mol. The Labute approximate surface area is 190 Å². The fourth-order valence-corrected chi connectivity index (χ4v) is 4.04. The molecule has 170 valence electrons. The van der Waals surface area contributed by atoms with Gasteiger partial charge in [0.2, 0.25) is 0 Å². The summed E-state index contributed by atoms with van der Waals surface area (Å²) in [6.07, 6.45) is -0.595. The van der Waals surface area contributed by atoms with Gasteiger partial charge in [-0.25, -0.2) is 4.79 Å². The van der Waals surface area contributed by atoms with Crippen LogP contribution < -0.4 is 5.32 Å². The van der Waals surface area contributed by atoms with E-state index in [1.165, 1.54) is 6.07 Å². The van der Waals surface area contributed by atoms with Crippen LogP contribution in [0, 0.1) is 0 Å². The van der Waals surface area contributed by atoms with E-state index < -0.39 is 24.5 Å². The van der Waals surface area contributed by atoms with E-state index in [1.54, 1.807) is 13.0 Å². The maximum atomic E-state index is 12.4. The lowest BCUT2D eigenvalue weighted by atomic mass is 9.98. The first kappa shape index (κ1) is 22.1. The topological polar surface area (TPSA) is 109 Å². The molecule has 0 saturated heterocycles. The van der Waals surface area contributed by atoms with Gasteiger partial charge in [0.15, 0.2) is 5.76 Å². The second kappa shape index (κ2) is 9.60. The molecule has 8 heteroatoms. The number of nitrogens with zero attached hydrogens (tertiary/aromatic N) is 1. The molecule has 33 heavy (non-hydrogen) atoms. The van der Waals surface area contributed by atoms with Crippen molar-refractivity contribution < 1.29 is 28.6 Å². The molecule has 0 fully saturated rings. The summed E-state index contributed by atoms with van der Waals surface area (Å²) in [5.41, 5.74) is 4.56. The number of carboxylic acids is 1. The molecule has 3 aromatic rings. The van der Waals surface area contributed by atoms with Crippen molar-refractivity contribution in [2.75, 3.05) is 19.7 Å². The first-order valence-electron chi connectivity index (χ1n) is 10.7. The van der Waals surface area contributed by atoms with E-state index in [4.69, 9.17) is 14.3 Å². The van der Waals surface area contributed by atoms with E-state index >= 15 is 0 Å². The van der Waals surface area contributed by atoms with E-state index in [0.29, 0.717) is 5.76 Å². The summed E-state index contributed by atoms with van der Waals surface area (Å²) in [4.78, 5) is 36.7. The number of likely N-dealkylation sites (N-methyl/N-ethyl adjacent to an activating group) is 1. The lowest BCUT2D eigenvalue weighted by molar-refractivity contribution is -0.137. The summed E-state index contributed by atoms with van der Waals surface area (Å²) >= 11 is 0. The van der Waals surface area contributed by atoms with Crippen LogP contribution in [0.5, 0.6) is 0 Å². The molecule has 0 radical (unpaired) electrons. The van der Waals surface area contributed by atoms with Crippen LogP contribution >= 0.6 is 0 Å². The Hall–Kier alpha value is -4.07. The third-order valence-electron chi connectivity index (χ3n) is 5.62. The number of hydrogen-bond acceptors (Lipinski definition) is 5. The monoisotopic (exact) mass is 448 g/mol. The number of fused-ring (bicyclic) bond motifs is 3. The van der Waals surface area contributed by atoms with Crippen LogP contribution in [0.25, 0.3) is 11.1 Å². The van der Waals surface area contributed by atoms with E-state index in [0.717, 1.165) is 27.2 Å².